The Kier molecular flexibility index (Phi) is 5.28. The van der Waals surface area contributed by atoms with Gasteiger partial charge >= 0.3 is 0 Å². The molecule has 3 aliphatic rings. The molecule has 1 amide bonds. The van der Waals surface area contributed by atoms with Gasteiger partial charge in [0.15, 0.2) is 11.5 Å². The Labute approximate surface area is 161 Å². The second kappa shape index (κ2) is 7.68. The number of amides is 1. The predicted molar refractivity (Wildman–Crippen MR) is 102 cm³/mol. The third-order valence-corrected chi connectivity index (χ3v) is 6.26. The molecule has 27 heavy (non-hydrogen) atoms. The molecule has 3 saturated heterocycles. The molecule has 1 aromatic rings. The Balaban J connectivity index is 1.32. The van der Waals surface area contributed by atoms with Crippen LogP contribution in [-0.4, -0.2) is 61.9 Å². The van der Waals surface area contributed by atoms with Crippen molar-refractivity contribution >= 4 is 5.91 Å². The van der Waals surface area contributed by atoms with Crippen molar-refractivity contribution in [1.29, 1.82) is 0 Å². The Hall–Kier alpha value is -1.79. The van der Waals surface area contributed by atoms with E-state index >= 15 is 0 Å². The molecule has 0 radical (unpaired) electrons. The third-order valence-electron chi connectivity index (χ3n) is 6.26. The molecule has 0 unspecified atom stereocenters. The summed E-state index contributed by atoms with van der Waals surface area (Å²) < 4.78 is 18.0. The minimum Gasteiger partial charge on any atom is -0.490 e. The summed E-state index contributed by atoms with van der Waals surface area (Å²) in [5.41, 5.74) is -0.00295. The molecular formula is C21H30N2O4. The average molecular weight is 374 g/mol. The quantitative estimate of drug-likeness (QED) is 0.755. The standard InChI is InChI=1S/C21H30N2O4/c1-3-25-19-6-4-5-7-20(19)26-11-10-23-13-17-16(12-22-15(2)24)18-8-9-21(17,14-23)27-18/h4-7,16-18H,3,8-14H2,1-2H3,(H,22,24)/t16-,17+,18+,21+/m0/s1. The lowest BCUT2D eigenvalue weighted by molar-refractivity contribution is -0.119. The highest BCUT2D eigenvalue weighted by Gasteiger charge is 2.62. The number of ether oxygens (including phenoxy) is 3. The Morgan fingerprint density at radius 1 is 1.33 bits per heavy atom. The monoisotopic (exact) mass is 374 g/mol. The zero-order valence-electron chi connectivity index (χ0n) is 16.3. The molecule has 6 nitrogen and oxygen atoms in total. The van der Waals surface area contributed by atoms with Crippen LogP contribution in [0.3, 0.4) is 0 Å². The van der Waals surface area contributed by atoms with Crippen molar-refractivity contribution in [2.75, 3.05) is 39.4 Å². The number of hydrogen-bond acceptors (Lipinski definition) is 5. The molecule has 3 fully saturated rings. The number of fused-ring (bicyclic) bond motifs is 1. The highest BCUT2D eigenvalue weighted by atomic mass is 16.5. The summed E-state index contributed by atoms with van der Waals surface area (Å²) in [4.78, 5) is 13.8. The predicted octanol–water partition coefficient (Wildman–Crippen LogP) is 2.08. The van der Waals surface area contributed by atoms with E-state index < -0.39 is 0 Å². The van der Waals surface area contributed by atoms with Crippen LogP contribution in [0.2, 0.25) is 0 Å². The number of carbonyl (C=O) groups excluding carboxylic acids is 1. The first-order valence-electron chi connectivity index (χ1n) is 10.1. The first-order chi connectivity index (χ1) is 13.1. The van der Waals surface area contributed by atoms with Crippen molar-refractivity contribution < 1.29 is 19.0 Å². The van der Waals surface area contributed by atoms with E-state index in [1.807, 2.05) is 31.2 Å². The van der Waals surface area contributed by atoms with E-state index in [0.717, 1.165) is 50.5 Å². The van der Waals surface area contributed by atoms with E-state index in [2.05, 4.69) is 10.2 Å². The van der Waals surface area contributed by atoms with Gasteiger partial charge in [-0.25, -0.2) is 0 Å². The van der Waals surface area contributed by atoms with Gasteiger partial charge in [-0.15, -0.1) is 0 Å². The van der Waals surface area contributed by atoms with E-state index in [4.69, 9.17) is 14.2 Å². The van der Waals surface area contributed by atoms with Crippen LogP contribution in [0.25, 0.3) is 0 Å². The van der Waals surface area contributed by atoms with Crippen molar-refractivity contribution in [1.82, 2.24) is 10.2 Å². The highest BCUT2D eigenvalue weighted by molar-refractivity contribution is 5.72. The van der Waals surface area contributed by atoms with Crippen molar-refractivity contribution in [3.63, 3.8) is 0 Å². The van der Waals surface area contributed by atoms with Gasteiger partial charge in [-0.1, -0.05) is 12.1 Å². The SMILES string of the molecule is CCOc1ccccc1OCCN1C[C@@H]2[C@H](CNC(C)=O)[C@H]3CC[C@]2(C1)O3. The Morgan fingerprint density at radius 2 is 2.11 bits per heavy atom. The normalized spacial score (nSPS) is 31.7. The molecule has 4 atom stereocenters. The lowest BCUT2D eigenvalue weighted by Gasteiger charge is -2.29. The van der Waals surface area contributed by atoms with Crippen LogP contribution in [0.5, 0.6) is 11.5 Å². The number of hydrogen-bond donors (Lipinski definition) is 1. The van der Waals surface area contributed by atoms with Gasteiger partial charge in [-0.2, -0.15) is 0 Å². The Morgan fingerprint density at radius 3 is 2.85 bits per heavy atom. The maximum Gasteiger partial charge on any atom is 0.216 e. The Bertz CT molecular complexity index is 682. The van der Waals surface area contributed by atoms with Crippen molar-refractivity contribution in [3.8, 4) is 11.5 Å². The van der Waals surface area contributed by atoms with Crippen LogP contribution in [0, 0.1) is 11.8 Å². The van der Waals surface area contributed by atoms with Crippen LogP contribution in [0.4, 0.5) is 0 Å². The fourth-order valence-corrected chi connectivity index (χ4v) is 5.12. The van der Waals surface area contributed by atoms with Crippen LogP contribution in [-0.2, 0) is 9.53 Å². The second-order valence-corrected chi connectivity index (χ2v) is 7.93. The summed E-state index contributed by atoms with van der Waals surface area (Å²) in [5.74, 6) is 2.60. The maximum atomic E-state index is 11.3. The lowest BCUT2D eigenvalue weighted by Crippen LogP contribution is -2.41. The van der Waals surface area contributed by atoms with E-state index in [-0.39, 0.29) is 11.5 Å². The van der Waals surface area contributed by atoms with Crippen molar-refractivity contribution in [3.05, 3.63) is 24.3 Å². The van der Waals surface area contributed by atoms with Gasteiger partial charge in [0.25, 0.3) is 0 Å². The van der Waals surface area contributed by atoms with E-state index in [9.17, 15) is 4.79 Å². The van der Waals surface area contributed by atoms with E-state index in [1.54, 1.807) is 6.92 Å². The second-order valence-electron chi connectivity index (χ2n) is 7.93. The summed E-state index contributed by atoms with van der Waals surface area (Å²) in [6, 6.07) is 7.83. The molecule has 0 saturated carbocycles. The van der Waals surface area contributed by atoms with Crippen LogP contribution < -0.4 is 14.8 Å². The summed E-state index contributed by atoms with van der Waals surface area (Å²) >= 11 is 0. The van der Waals surface area contributed by atoms with Gasteiger partial charge < -0.3 is 19.5 Å². The average Bonchev–Trinajstić information content (AvgIpc) is 3.29. The van der Waals surface area contributed by atoms with Crippen LogP contribution >= 0.6 is 0 Å². The van der Waals surface area contributed by atoms with Gasteiger partial charge in [-0.05, 0) is 31.9 Å². The number of nitrogens with zero attached hydrogens (tertiary/aromatic N) is 1. The van der Waals surface area contributed by atoms with Gasteiger partial charge in [0.1, 0.15) is 6.61 Å². The first kappa shape index (κ1) is 18.6. The minimum absolute atomic E-state index is 0.00295. The summed E-state index contributed by atoms with van der Waals surface area (Å²) in [6.07, 6.45) is 2.58. The molecular weight excluding hydrogens is 344 g/mol. The molecule has 1 aromatic carbocycles. The zero-order valence-corrected chi connectivity index (χ0v) is 16.3. The smallest absolute Gasteiger partial charge is 0.216 e. The first-order valence-corrected chi connectivity index (χ1v) is 10.1. The largest absolute Gasteiger partial charge is 0.490 e. The van der Waals surface area contributed by atoms with Crippen LogP contribution in [0.1, 0.15) is 26.7 Å². The van der Waals surface area contributed by atoms with Gasteiger partial charge in [0.05, 0.1) is 18.3 Å². The number of nitrogens with one attached hydrogen (secondary N) is 1. The zero-order chi connectivity index (χ0) is 18.9. The fourth-order valence-electron chi connectivity index (χ4n) is 5.12. The number of rotatable bonds is 8. The minimum atomic E-state index is -0.00295. The number of para-hydroxylation sites is 2. The van der Waals surface area contributed by atoms with Crippen LogP contribution in [0.15, 0.2) is 24.3 Å². The third kappa shape index (κ3) is 3.65. The molecule has 6 heteroatoms. The summed E-state index contributed by atoms with van der Waals surface area (Å²) in [6.45, 7) is 8.43. The molecule has 3 aliphatic heterocycles. The topological polar surface area (TPSA) is 60.0 Å². The van der Waals surface area contributed by atoms with Crippen molar-refractivity contribution in [2.45, 2.75) is 38.4 Å². The molecule has 3 heterocycles. The molecule has 1 N–H and O–H groups in total. The van der Waals surface area contributed by atoms with Crippen molar-refractivity contribution in [2.24, 2.45) is 11.8 Å². The molecule has 0 aliphatic carbocycles. The molecule has 1 spiro atoms. The van der Waals surface area contributed by atoms with E-state index in [1.165, 1.54) is 0 Å². The van der Waals surface area contributed by atoms with Gasteiger partial charge in [0, 0.05) is 44.9 Å². The fraction of sp³-hybridized carbons (Fsp3) is 0.667. The lowest BCUT2D eigenvalue weighted by atomic mass is 9.73. The molecule has 4 rings (SSSR count). The molecule has 148 valence electrons. The summed E-state index contributed by atoms with van der Waals surface area (Å²) in [5, 5.41) is 3.00. The maximum absolute atomic E-state index is 11.3. The number of carbonyl (C=O) groups is 1. The van der Waals surface area contributed by atoms with Gasteiger partial charge in [0.2, 0.25) is 5.91 Å². The highest BCUT2D eigenvalue weighted by Crippen LogP contribution is 2.54. The van der Waals surface area contributed by atoms with E-state index in [0.29, 0.717) is 31.2 Å². The molecule has 2 bridgehead atoms. The number of likely N-dealkylation sites (tertiary alicyclic amines) is 1. The summed E-state index contributed by atoms with van der Waals surface area (Å²) in [7, 11) is 0. The molecule has 0 aromatic heterocycles. The number of benzene rings is 1. The van der Waals surface area contributed by atoms with Gasteiger partial charge in [-0.3, -0.25) is 9.69 Å².